The van der Waals surface area contributed by atoms with E-state index in [-0.39, 0.29) is 5.78 Å². The van der Waals surface area contributed by atoms with Crippen molar-refractivity contribution in [3.8, 4) is 0 Å². The van der Waals surface area contributed by atoms with Crippen molar-refractivity contribution < 1.29 is 4.79 Å². The summed E-state index contributed by atoms with van der Waals surface area (Å²) in [4.78, 5) is 19.1. The number of nitrogens with zero attached hydrogens (tertiary/aromatic N) is 2. The van der Waals surface area contributed by atoms with Crippen molar-refractivity contribution in [1.82, 2.24) is 9.97 Å². The van der Waals surface area contributed by atoms with Crippen LogP contribution in [0.3, 0.4) is 0 Å². The first-order valence-corrected chi connectivity index (χ1v) is 6.89. The average Bonchev–Trinajstić information content (AvgIpc) is 2.63. The molecule has 3 heteroatoms. The highest BCUT2D eigenvalue weighted by Crippen LogP contribution is 2.05. The zero-order valence-electron chi connectivity index (χ0n) is 12.0. The minimum Gasteiger partial charge on any atom is -0.289 e. The molecule has 0 bridgehead atoms. The molecule has 3 nitrogen and oxygen atoms in total. The Morgan fingerprint density at radius 1 is 0.773 bits per heavy atom. The molecule has 0 aliphatic heterocycles. The van der Waals surface area contributed by atoms with Gasteiger partial charge in [-0.05, 0) is 17.7 Å². The SMILES string of the molecule is O=C(C=Cc1ccccc1)c1ccccc1.c1cncnc1. The van der Waals surface area contributed by atoms with Gasteiger partial charge in [-0.25, -0.2) is 9.97 Å². The summed E-state index contributed by atoms with van der Waals surface area (Å²) in [5, 5.41) is 0. The van der Waals surface area contributed by atoms with E-state index in [1.165, 1.54) is 6.33 Å². The van der Waals surface area contributed by atoms with Crippen LogP contribution in [0.2, 0.25) is 0 Å². The van der Waals surface area contributed by atoms with E-state index >= 15 is 0 Å². The highest BCUT2D eigenvalue weighted by molar-refractivity contribution is 6.06. The normalized spacial score (nSPS) is 9.82. The number of rotatable bonds is 3. The zero-order valence-corrected chi connectivity index (χ0v) is 12.0. The Morgan fingerprint density at radius 2 is 1.36 bits per heavy atom. The molecule has 1 heterocycles. The zero-order chi connectivity index (χ0) is 15.5. The van der Waals surface area contributed by atoms with Gasteiger partial charge in [0.25, 0.3) is 0 Å². The van der Waals surface area contributed by atoms with Gasteiger partial charge >= 0.3 is 0 Å². The predicted molar refractivity (Wildman–Crippen MR) is 88.3 cm³/mol. The van der Waals surface area contributed by atoms with E-state index in [0.717, 1.165) is 11.1 Å². The fourth-order valence-electron chi connectivity index (χ4n) is 1.69. The van der Waals surface area contributed by atoms with E-state index in [0.29, 0.717) is 0 Å². The Labute approximate surface area is 130 Å². The molecule has 0 aliphatic carbocycles. The Kier molecular flexibility index (Phi) is 6.25. The number of carbonyl (C=O) groups is 1. The molecule has 0 saturated heterocycles. The van der Waals surface area contributed by atoms with Crippen LogP contribution in [-0.4, -0.2) is 15.8 Å². The highest BCUT2D eigenvalue weighted by atomic mass is 16.1. The topological polar surface area (TPSA) is 42.9 Å². The largest absolute Gasteiger partial charge is 0.289 e. The van der Waals surface area contributed by atoms with E-state index in [1.54, 1.807) is 24.5 Å². The van der Waals surface area contributed by atoms with Gasteiger partial charge in [0.05, 0.1) is 0 Å². The first-order valence-electron chi connectivity index (χ1n) is 6.89. The fourth-order valence-corrected chi connectivity index (χ4v) is 1.69. The van der Waals surface area contributed by atoms with E-state index in [2.05, 4.69) is 9.97 Å². The van der Waals surface area contributed by atoms with Crippen LogP contribution in [0.1, 0.15) is 15.9 Å². The standard InChI is InChI=1S/C15H12O.C4H4N2/c16-15(14-9-5-2-6-10-14)12-11-13-7-3-1-4-8-13;1-2-5-4-6-3-1/h1-12H;1-4H. The number of hydrogen-bond acceptors (Lipinski definition) is 3. The molecule has 0 aliphatic rings. The van der Waals surface area contributed by atoms with E-state index in [1.807, 2.05) is 66.7 Å². The molecule has 0 radical (unpaired) electrons. The first-order chi connectivity index (χ1) is 10.9. The third kappa shape index (κ3) is 5.51. The first kappa shape index (κ1) is 15.3. The minimum absolute atomic E-state index is 0.0319. The summed E-state index contributed by atoms with van der Waals surface area (Å²) in [5.74, 6) is 0.0319. The Morgan fingerprint density at radius 3 is 1.86 bits per heavy atom. The summed E-state index contributed by atoms with van der Waals surface area (Å²) in [7, 11) is 0. The number of ketones is 1. The summed E-state index contributed by atoms with van der Waals surface area (Å²) in [6.07, 6.45) is 8.31. The molecule has 0 atom stereocenters. The van der Waals surface area contributed by atoms with Gasteiger partial charge < -0.3 is 0 Å². The van der Waals surface area contributed by atoms with Gasteiger partial charge in [0.15, 0.2) is 5.78 Å². The lowest BCUT2D eigenvalue weighted by Crippen LogP contribution is -1.92. The van der Waals surface area contributed by atoms with E-state index < -0.39 is 0 Å². The van der Waals surface area contributed by atoms with Crippen molar-refractivity contribution in [2.75, 3.05) is 0 Å². The number of benzene rings is 2. The van der Waals surface area contributed by atoms with E-state index in [4.69, 9.17) is 0 Å². The molecule has 2 aromatic carbocycles. The van der Waals surface area contributed by atoms with Crippen LogP contribution < -0.4 is 0 Å². The molecule has 108 valence electrons. The van der Waals surface area contributed by atoms with Crippen LogP contribution in [0.15, 0.2) is 91.5 Å². The molecule has 0 N–H and O–H groups in total. The second-order valence-corrected chi connectivity index (χ2v) is 4.38. The average molecular weight is 288 g/mol. The van der Waals surface area contributed by atoms with Crippen LogP contribution in [0, 0.1) is 0 Å². The molecule has 1 aromatic heterocycles. The van der Waals surface area contributed by atoms with Crippen LogP contribution >= 0.6 is 0 Å². The smallest absolute Gasteiger partial charge is 0.185 e. The lowest BCUT2D eigenvalue weighted by molar-refractivity contribution is 0.104. The van der Waals surface area contributed by atoms with Crippen LogP contribution in [0.25, 0.3) is 6.08 Å². The Balaban J connectivity index is 0.000000246. The van der Waals surface area contributed by atoms with Gasteiger partial charge in [-0.15, -0.1) is 0 Å². The quantitative estimate of drug-likeness (QED) is 0.539. The maximum Gasteiger partial charge on any atom is 0.185 e. The third-order valence-electron chi connectivity index (χ3n) is 2.76. The molecule has 0 saturated carbocycles. The Bertz CT molecular complexity index is 669. The van der Waals surface area contributed by atoms with Crippen molar-refractivity contribution in [3.05, 3.63) is 103 Å². The Hall–Kier alpha value is -3.07. The van der Waals surface area contributed by atoms with Crippen molar-refractivity contribution in [2.45, 2.75) is 0 Å². The van der Waals surface area contributed by atoms with Crippen molar-refractivity contribution in [3.63, 3.8) is 0 Å². The molecular weight excluding hydrogens is 272 g/mol. The summed E-state index contributed by atoms with van der Waals surface area (Å²) in [5.41, 5.74) is 1.75. The van der Waals surface area contributed by atoms with E-state index in [9.17, 15) is 4.79 Å². The number of allylic oxidation sites excluding steroid dienone is 1. The summed E-state index contributed by atoms with van der Waals surface area (Å²) < 4.78 is 0. The predicted octanol–water partition coefficient (Wildman–Crippen LogP) is 4.06. The lowest BCUT2D eigenvalue weighted by atomic mass is 10.1. The second-order valence-electron chi connectivity index (χ2n) is 4.38. The molecule has 22 heavy (non-hydrogen) atoms. The second kappa shape index (κ2) is 8.97. The van der Waals surface area contributed by atoms with Gasteiger partial charge in [0.1, 0.15) is 6.33 Å². The molecule has 0 amide bonds. The third-order valence-corrected chi connectivity index (χ3v) is 2.76. The molecule has 0 unspecified atom stereocenters. The summed E-state index contributed by atoms with van der Waals surface area (Å²) in [6.45, 7) is 0. The lowest BCUT2D eigenvalue weighted by Gasteiger charge is -1.94. The monoisotopic (exact) mass is 288 g/mol. The van der Waals surface area contributed by atoms with Crippen LogP contribution in [0.5, 0.6) is 0 Å². The fraction of sp³-hybridized carbons (Fsp3) is 0. The van der Waals surface area contributed by atoms with Crippen molar-refractivity contribution >= 4 is 11.9 Å². The van der Waals surface area contributed by atoms with Gasteiger partial charge in [0.2, 0.25) is 0 Å². The molecule has 0 fully saturated rings. The number of carbonyl (C=O) groups excluding carboxylic acids is 1. The van der Waals surface area contributed by atoms with Gasteiger partial charge in [-0.3, -0.25) is 4.79 Å². The highest BCUT2D eigenvalue weighted by Gasteiger charge is 1.98. The summed E-state index contributed by atoms with van der Waals surface area (Å²) in [6, 6.07) is 20.8. The minimum atomic E-state index is 0.0319. The maximum absolute atomic E-state index is 11.7. The summed E-state index contributed by atoms with van der Waals surface area (Å²) >= 11 is 0. The van der Waals surface area contributed by atoms with Crippen LogP contribution in [-0.2, 0) is 0 Å². The molecule has 0 spiro atoms. The van der Waals surface area contributed by atoms with Gasteiger partial charge in [0, 0.05) is 18.0 Å². The maximum atomic E-state index is 11.7. The van der Waals surface area contributed by atoms with Crippen molar-refractivity contribution in [1.29, 1.82) is 0 Å². The van der Waals surface area contributed by atoms with Gasteiger partial charge in [-0.2, -0.15) is 0 Å². The molecular formula is C19H16N2O. The molecule has 3 aromatic rings. The molecule has 3 rings (SSSR count). The van der Waals surface area contributed by atoms with Gasteiger partial charge in [-0.1, -0.05) is 66.7 Å². The van der Waals surface area contributed by atoms with Crippen molar-refractivity contribution in [2.24, 2.45) is 0 Å². The number of hydrogen-bond donors (Lipinski definition) is 0. The van der Waals surface area contributed by atoms with Crippen LogP contribution in [0.4, 0.5) is 0 Å². The number of aromatic nitrogens is 2.